The summed E-state index contributed by atoms with van der Waals surface area (Å²) in [4.78, 5) is 46.9. The standard InChI is InChI=1S/C28H26N4O6/c1-3-16-14-20(29-24-18(16)5-4-6-23(24)36-2)26(34)32-11-9-28(10-12-32)15-21(33)19-13-17(7-8-22(19)37-28)25-30-27(35)38-31-25/h4-8,13-14H,3,9-12,15H2,1-2H3,(H,30,31,35). The highest BCUT2D eigenvalue weighted by Gasteiger charge is 2.44. The van der Waals surface area contributed by atoms with Crippen LogP contribution >= 0.6 is 0 Å². The zero-order chi connectivity index (χ0) is 26.4. The van der Waals surface area contributed by atoms with Gasteiger partial charge in [0.05, 0.1) is 19.1 Å². The fraction of sp³-hybridized carbons (Fsp3) is 0.321. The molecule has 0 radical (unpaired) electrons. The molecule has 2 aromatic carbocycles. The normalized spacial score (nSPS) is 16.4. The van der Waals surface area contributed by atoms with Crippen molar-refractivity contribution in [3.05, 3.63) is 69.8 Å². The summed E-state index contributed by atoms with van der Waals surface area (Å²) in [6, 6.07) is 12.7. The molecule has 1 saturated heterocycles. The van der Waals surface area contributed by atoms with Crippen molar-refractivity contribution < 1.29 is 23.6 Å². The predicted molar refractivity (Wildman–Crippen MR) is 138 cm³/mol. The second-order valence-electron chi connectivity index (χ2n) is 9.71. The number of ketones is 1. The van der Waals surface area contributed by atoms with Crippen LogP contribution in [-0.4, -0.2) is 57.5 Å². The van der Waals surface area contributed by atoms with Crippen LogP contribution in [0.15, 0.2) is 51.8 Å². The number of carbonyl (C=O) groups is 2. The number of amides is 1. The van der Waals surface area contributed by atoms with E-state index in [1.165, 1.54) is 0 Å². The molecule has 6 rings (SSSR count). The number of rotatable bonds is 4. The third-order valence-electron chi connectivity index (χ3n) is 7.47. The molecule has 2 aliphatic rings. The molecule has 0 bridgehead atoms. The Morgan fingerprint density at radius 3 is 2.68 bits per heavy atom. The lowest BCUT2D eigenvalue weighted by molar-refractivity contribution is -0.00583. The van der Waals surface area contributed by atoms with E-state index in [1.54, 1.807) is 30.2 Å². The van der Waals surface area contributed by atoms with E-state index in [2.05, 4.69) is 26.6 Å². The zero-order valence-electron chi connectivity index (χ0n) is 21.1. The lowest BCUT2D eigenvalue weighted by Gasteiger charge is -2.44. The number of likely N-dealkylation sites (tertiary alicyclic amines) is 1. The molecule has 38 heavy (non-hydrogen) atoms. The molecule has 10 nitrogen and oxygen atoms in total. The van der Waals surface area contributed by atoms with Crippen molar-refractivity contribution in [2.24, 2.45) is 0 Å². The first-order valence-electron chi connectivity index (χ1n) is 12.6. The Hall–Kier alpha value is -4.47. The number of pyridine rings is 1. The van der Waals surface area contributed by atoms with Crippen molar-refractivity contribution in [1.82, 2.24) is 20.0 Å². The van der Waals surface area contributed by atoms with Crippen molar-refractivity contribution in [2.45, 2.75) is 38.2 Å². The molecule has 4 aromatic rings. The number of fused-ring (bicyclic) bond motifs is 2. The average molecular weight is 515 g/mol. The first-order chi connectivity index (χ1) is 18.4. The predicted octanol–water partition coefficient (Wildman–Crippen LogP) is 3.79. The van der Waals surface area contributed by atoms with Gasteiger partial charge in [0.15, 0.2) is 11.6 Å². The first kappa shape index (κ1) is 23.9. The number of para-hydroxylation sites is 1. The summed E-state index contributed by atoms with van der Waals surface area (Å²) < 4.78 is 16.4. The highest BCUT2D eigenvalue weighted by atomic mass is 16.5. The number of benzene rings is 2. The van der Waals surface area contributed by atoms with E-state index < -0.39 is 11.4 Å². The van der Waals surface area contributed by atoms with Crippen molar-refractivity contribution in [3.63, 3.8) is 0 Å². The number of ether oxygens (including phenoxy) is 2. The molecule has 1 fully saturated rings. The van der Waals surface area contributed by atoms with Crippen LogP contribution in [0.5, 0.6) is 11.5 Å². The second kappa shape index (κ2) is 9.13. The largest absolute Gasteiger partial charge is 0.494 e. The van der Waals surface area contributed by atoms with Gasteiger partial charge in [0.25, 0.3) is 5.91 Å². The number of nitrogens with one attached hydrogen (secondary N) is 1. The van der Waals surface area contributed by atoms with E-state index in [4.69, 9.17) is 9.47 Å². The molecule has 194 valence electrons. The van der Waals surface area contributed by atoms with Crippen molar-refractivity contribution in [3.8, 4) is 22.9 Å². The number of carbonyl (C=O) groups excluding carboxylic acids is 2. The van der Waals surface area contributed by atoms with Crippen LogP contribution in [0, 0.1) is 0 Å². The Balaban J connectivity index is 1.21. The molecule has 4 heterocycles. The molecule has 0 unspecified atom stereocenters. The van der Waals surface area contributed by atoms with Gasteiger partial charge in [-0.05, 0) is 42.3 Å². The Morgan fingerprint density at radius 2 is 1.97 bits per heavy atom. The second-order valence-corrected chi connectivity index (χ2v) is 9.71. The number of methoxy groups -OCH3 is 1. The smallest absolute Gasteiger partial charge is 0.439 e. The third kappa shape index (κ3) is 4.02. The summed E-state index contributed by atoms with van der Waals surface area (Å²) in [5.74, 6) is 0.529. The number of aryl methyl sites for hydroxylation is 1. The first-order valence-corrected chi connectivity index (χ1v) is 12.6. The van der Waals surface area contributed by atoms with E-state index in [0.717, 1.165) is 17.4 Å². The number of Topliss-reactive ketones (excluding diaryl/α,β-unsaturated/α-hetero) is 1. The van der Waals surface area contributed by atoms with E-state index in [9.17, 15) is 14.4 Å². The van der Waals surface area contributed by atoms with Gasteiger partial charge in [-0.3, -0.25) is 19.1 Å². The summed E-state index contributed by atoms with van der Waals surface area (Å²) in [6.45, 7) is 2.95. The maximum absolute atomic E-state index is 13.5. The molecular weight excluding hydrogens is 488 g/mol. The minimum absolute atomic E-state index is 0.0467. The fourth-order valence-electron chi connectivity index (χ4n) is 5.41. The maximum atomic E-state index is 13.5. The Morgan fingerprint density at radius 1 is 1.16 bits per heavy atom. The number of H-pyrrole nitrogens is 1. The van der Waals surface area contributed by atoms with Crippen LogP contribution < -0.4 is 15.2 Å². The Labute approximate surface area is 217 Å². The molecular formula is C28H26N4O6. The molecule has 0 aliphatic carbocycles. The SMILES string of the molecule is CCc1cc(C(=O)N2CCC3(CC2)CC(=O)c2cc(-c4noc(=O)[nH]4)ccc2O3)nc2c(OC)cccc12. The van der Waals surface area contributed by atoms with Crippen molar-refractivity contribution >= 4 is 22.6 Å². The van der Waals surface area contributed by atoms with Gasteiger partial charge in [0.1, 0.15) is 28.3 Å². The number of aromatic nitrogens is 3. The molecule has 1 spiro atoms. The summed E-state index contributed by atoms with van der Waals surface area (Å²) >= 11 is 0. The summed E-state index contributed by atoms with van der Waals surface area (Å²) in [5, 5.41) is 4.66. The van der Waals surface area contributed by atoms with Crippen LogP contribution in [0.2, 0.25) is 0 Å². The third-order valence-corrected chi connectivity index (χ3v) is 7.47. The summed E-state index contributed by atoms with van der Waals surface area (Å²) in [5.41, 5.74) is 2.44. The van der Waals surface area contributed by atoms with Gasteiger partial charge in [-0.1, -0.05) is 24.2 Å². The minimum atomic E-state index is -0.667. The van der Waals surface area contributed by atoms with Crippen LogP contribution in [0.25, 0.3) is 22.3 Å². The van der Waals surface area contributed by atoms with E-state index in [0.29, 0.717) is 59.8 Å². The number of piperidine rings is 1. The summed E-state index contributed by atoms with van der Waals surface area (Å²) in [6.07, 6.45) is 2.03. The van der Waals surface area contributed by atoms with Gasteiger partial charge in [-0.15, -0.1) is 0 Å². The fourth-order valence-corrected chi connectivity index (χ4v) is 5.41. The van der Waals surface area contributed by atoms with Crippen molar-refractivity contribution in [2.75, 3.05) is 20.2 Å². The highest BCUT2D eigenvalue weighted by Crippen LogP contribution is 2.40. The molecule has 0 atom stereocenters. The van der Waals surface area contributed by atoms with Crippen molar-refractivity contribution in [1.29, 1.82) is 0 Å². The molecule has 2 aromatic heterocycles. The lowest BCUT2D eigenvalue weighted by Crippen LogP contribution is -2.52. The monoisotopic (exact) mass is 514 g/mol. The van der Waals surface area contributed by atoms with Crippen LogP contribution in [-0.2, 0) is 6.42 Å². The van der Waals surface area contributed by atoms with Gasteiger partial charge in [0.2, 0.25) is 0 Å². The average Bonchev–Trinajstić information content (AvgIpc) is 3.38. The zero-order valence-corrected chi connectivity index (χ0v) is 21.1. The van der Waals surface area contributed by atoms with Gasteiger partial charge in [-0.2, -0.15) is 0 Å². The van der Waals surface area contributed by atoms with Gasteiger partial charge in [-0.25, -0.2) is 9.78 Å². The molecule has 1 N–H and O–H groups in total. The van der Waals surface area contributed by atoms with Crippen LogP contribution in [0.3, 0.4) is 0 Å². The quantitative estimate of drug-likeness (QED) is 0.436. The Bertz CT molecular complexity index is 1630. The number of hydrogen-bond donors (Lipinski definition) is 1. The van der Waals surface area contributed by atoms with Gasteiger partial charge < -0.3 is 14.4 Å². The summed E-state index contributed by atoms with van der Waals surface area (Å²) in [7, 11) is 1.60. The molecule has 1 amide bonds. The minimum Gasteiger partial charge on any atom is -0.494 e. The molecule has 10 heteroatoms. The molecule has 2 aliphatic heterocycles. The van der Waals surface area contributed by atoms with Crippen LogP contribution in [0.1, 0.15) is 52.6 Å². The Kier molecular flexibility index (Phi) is 5.74. The van der Waals surface area contributed by atoms with E-state index in [-0.39, 0.29) is 23.9 Å². The number of aromatic amines is 1. The van der Waals surface area contributed by atoms with Gasteiger partial charge in [0, 0.05) is 36.9 Å². The molecule has 0 saturated carbocycles. The topological polar surface area (TPSA) is 128 Å². The number of nitrogens with zero attached hydrogens (tertiary/aromatic N) is 3. The highest BCUT2D eigenvalue weighted by molar-refractivity contribution is 6.01. The maximum Gasteiger partial charge on any atom is 0.439 e. The van der Waals surface area contributed by atoms with E-state index >= 15 is 0 Å². The van der Waals surface area contributed by atoms with E-state index in [1.807, 2.05) is 24.3 Å². The lowest BCUT2D eigenvalue weighted by atomic mass is 9.82. The van der Waals surface area contributed by atoms with Gasteiger partial charge >= 0.3 is 5.76 Å². The number of hydrogen-bond acceptors (Lipinski definition) is 8. The van der Waals surface area contributed by atoms with Crippen LogP contribution in [0.4, 0.5) is 0 Å².